The first-order valence-electron chi connectivity index (χ1n) is 8.11. The fourth-order valence-electron chi connectivity index (χ4n) is 2.79. The maximum Gasteiger partial charge on any atom is 0.222 e. The van der Waals surface area contributed by atoms with Crippen LogP contribution in [0.5, 0.6) is 11.5 Å². The van der Waals surface area contributed by atoms with Crippen LogP contribution in [-0.4, -0.2) is 59.3 Å². The summed E-state index contributed by atoms with van der Waals surface area (Å²) < 4.78 is 6.05. The molecule has 1 fully saturated rings. The molecule has 7 nitrogen and oxygen atoms in total. The van der Waals surface area contributed by atoms with Gasteiger partial charge in [0.2, 0.25) is 5.95 Å². The van der Waals surface area contributed by atoms with Gasteiger partial charge in [-0.25, -0.2) is 4.98 Å². The zero-order valence-corrected chi connectivity index (χ0v) is 13.9. The number of aliphatic hydroxyl groups excluding tert-OH is 1. The Morgan fingerprint density at radius 2 is 1.92 bits per heavy atom. The predicted molar refractivity (Wildman–Crippen MR) is 93.4 cm³/mol. The molecule has 24 heavy (non-hydrogen) atoms. The van der Waals surface area contributed by atoms with E-state index < -0.39 is 0 Å². The SMILES string of the molecule is Cc1ccccc1Oc1cnc(N)nc1N1CCN(CCO)CC1. The number of aryl methyl sites for hydroxylation is 1. The Morgan fingerprint density at radius 1 is 1.17 bits per heavy atom. The second-order valence-corrected chi connectivity index (χ2v) is 5.84. The molecule has 0 aliphatic carbocycles. The largest absolute Gasteiger partial charge is 0.452 e. The minimum Gasteiger partial charge on any atom is -0.452 e. The van der Waals surface area contributed by atoms with Crippen LogP contribution >= 0.6 is 0 Å². The average molecular weight is 329 g/mol. The molecule has 1 aromatic heterocycles. The van der Waals surface area contributed by atoms with Crippen molar-refractivity contribution in [2.75, 3.05) is 50.0 Å². The van der Waals surface area contributed by atoms with Crippen molar-refractivity contribution in [1.29, 1.82) is 0 Å². The molecule has 0 bridgehead atoms. The minimum absolute atomic E-state index is 0.183. The number of para-hydroxylation sites is 1. The number of hydrogen-bond acceptors (Lipinski definition) is 7. The quantitative estimate of drug-likeness (QED) is 0.854. The Kier molecular flexibility index (Phi) is 5.12. The van der Waals surface area contributed by atoms with Crippen LogP contribution < -0.4 is 15.4 Å². The molecule has 3 rings (SSSR count). The third kappa shape index (κ3) is 3.74. The number of aliphatic hydroxyl groups is 1. The van der Waals surface area contributed by atoms with E-state index in [1.807, 2.05) is 31.2 Å². The van der Waals surface area contributed by atoms with Gasteiger partial charge in [-0.05, 0) is 18.6 Å². The monoisotopic (exact) mass is 329 g/mol. The molecule has 2 heterocycles. The first-order chi connectivity index (χ1) is 11.7. The third-order valence-electron chi connectivity index (χ3n) is 4.16. The molecular weight excluding hydrogens is 306 g/mol. The number of nitrogens with zero attached hydrogens (tertiary/aromatic N) is 4. The van der Waals surface area contributed by atoms with Crippen LogP contribution in [-0.2, 0) is 0 Å². The number of nitrogens with two attached hydrogens (primary N) is 1. The molecule has 0 saturated carbocycles. The van der Waals surface area contributed by atoms with Crippen molar-refractivity contribution in [3.63, 3.8) is 0 Å². The first kappa shape index (κ1) is 16.5. The van der Waals surface area contributed by atoms with Crippen molar-refractivity contribution in [2.45, 2.75) is 6.92 Å². The Labute approximate surface area is 141 Å². The molecule has 0 atom stereocenters. The standard InChI is InChI=1S/C17H23N5O2/c1-13-4-2-3-5-14(13)24-15-12-19-17(18)20-16(15)22-8-6-21(7-9-22)10-11-23/h2-5,12,23H,6-11H2,1H3,(H2,18,19,20). The molecule has 2 aromatic rings. The summed E-state index contributed by atoms with van der Waals surface area (Å²) >= 11 is 0. The Morgan fingerprint density at radius 3 is 2.62 bits per heavy atom. The molecule has 1 aliphatic rings. The molecule has 0 radical (unpaired) electrons. The smallest absolute Gasteiger partial charge is 0.222 e. The molecule has 3 N–H and O–H groups in total. The van der Waals surface area contributed by atoms with Gasteiger partial charge in [-0.15, -0.1) is 0 Å². The van der Waals surface area contributed by atoms with Crippen molar-refractivity contribution in [3.8, 4) is 11.5 Å². The molecule has 1 aliphatic heterocycles. The fraction of sp³-hybridized carbons (Fsp3) is 0.412. The van der Waals surface area contributed by atoms with Crippen LogP contribution in [0.4, 0.5) is 11.8 Å². The van der Waals surface area contributed by atoms with E-state index in [4.69, 9.17) is 15.6 Å². The van der Waals surface area contributed by atoms with Gasteiger partial charge in [-0.3, -0.25) is 4.90 Å². The summed E-state index contributed by atoms with van der Waals surface area (Å²) in [4.78, 5) is 12.8. The van der Waals surface area contributed by atoms with Gasteiger partial charge in [-0.2, -0.15) is 4.98 Å². The first-order valence-corrected chi connectivity index (χ1v) is 8.11. The van der Waals surface area contributed by atoms with E-state index in [0.29, 0.717) is 12.3 Å². The molecule has 7 heteroatoms. The van der Waals surface area contributed by atoms with E-state index >= 15 is 0 Å². The molecule has 128 valence electrons. The third-order valence-corrected chi connectivity index (χ3v) is 4.16. The van der Waals surface area contributed by atoms with Crippen LogP contribution in [0.25, 0.3) is 0 Å². The summed E-state index contributed by atoms with van der Waals surface area (Å²) in [6.45, 7) is 6.24. The number of piperazine rings is 1. The molecule has 0 unspecified atom stereocenters. The van der Waals surface area contributed by atoms with Crippen LogP contribution in [0, 0.1) is 6.92 Å². The normalized spacial score (nSPS) is 15.5. The highest BCUT2D eigenvalue weighted by Crippen LogP contribution is 2.32. The zero-order chi connectivity index (χ0) is 16.9. The Hall–Kier alpha value is -2.38. The van der Waals surface area contributed by atoms with Gasteiger partial charge in [0.25, 0.3) is 0 Å². The van der Waals surface area contributed by atoms with Gasteiger partial charge in [0.05, 0.1) is 12.8 Å². The Bertz CT molecular complexity index is 686. The van der Waals surface area contributed by atoms with E-state index in [0.717, 1.165) is 43.3 Å². The average Bonchev–Trinajstić information content (AvgIpc) is 2.59. The Balaban J connectivity index is 1.80. The van der Waals surface area contributed by atoms with Crippen LogP contribution in [0.2, 0.25) is 0 Å². The zero-order valence-electron chi connectivity index (χ0n) is 13.9. The summed E-state index contributed by atoms with van der Waals surface area (Å²) in [6.07, 6.45) is 1.63. The number of hydrogen-bond donors (Lipinski definition) is 2. The highest BCUT2D eigenvalue weighted by molar-refractivity contribution is 5.55. The number of benzene rings is 1. The van der Waals surface area contributed by atoms with Gasteiger partial charge in [0.1, 0.15) is 5.75 Å². The van der Waals surface area contributed by atoms with Gasteiger partial charge >= 0.3 is 0 Å². The van der Waals surface area contributed by atoms with Gasteiger partial charge in [-0.1, -0.05) is 18.2 Å². The van der Waals surface area contributed by atoms with Crippen LogP contribution in [0.1, 0.15) is 5.56 Å². The van der Waals surface area contributed by atoms with Gasteiger partial charge < -0.3 is 20.5 Å². The number of β-amino-alcohol motifs (C(OH)–C–C–N with tert-alkyl or cyclic N) is 1. The lowest BCUT2D eigenvalue weighted by Gasteiger charge is -2.35. The predicted octanol–water partition coefficient (Wildman–Crippen LogP) is 1.27. The minimum atomic E-state index is 0.183. The number of rotatable bonds is 5. The van der Waals surface area contributed by atoms with Crippen molar-refractivity contribution in [2.24, 2.45) is 0 Å². The second kappa shape index (κ2) is 7.46. The second-order valence-electron chi connectivity index (χ2n) is 5.84. The summed E-state index contributed by atoms with van der Waals surface area (Å²) in [6, 6.07) is 7.84. The lowest BCUT2D eigenvalue weighted by Crippen LogP contribution is -2.47. The maximum absolute atomic E-state index is 9.06. The molecule has 1 aromatic carbocycles. The lowest BCUT2D eigenvalue weighted by molar-refractivity contribution is 0.188. The van der Waals surface area contributed by atoms with Crippen LogP contribution in [0.3, 0.4) is 0 Å². The number of anilines is 2. The highest BCUT2D eigenvalue weighted by Gasteiger charge is 2.22. The summed E-state index contributed by atoms with van der Waals surface area (Å²) in [5, 5.41) is 9.06. The van der Waals surface area contributed by atoms with E-state index in [2.05, 4.69) is 19.8 Å². The molecular formula is C17H23N5O2. The summed E-state index contributed by atoms with van der Waals surface area (Å²) in [5.41, 5.74) is 6.83. The van der Waals surface area contributed by atoms with Gasteiger partial charge in [0.15, 0.2) is 11.6 Å². The van der Waals surface area contributed by atoms with E-state index in [1.54, 1.807) is 6.20 Å². The van der Waals surface area contributed by atoms with Crippen molar-refractivity contribution in [3.05, 3.63) is 36.0 Å². The highest BCUT2D eigenvalue weighted by atomic mass is 16.5. The van der Waals surface area contributed by atoms with Gasteiger partial charge in [0, 0.05) is 32.7 Å². The van der Waals surface area contributed by atoms with Crippen molar-refractivity contribution >= 4 is 11.8 Å². The lowest BCUT2D eigenvalue weighted by atomic mass is 10.2. The van der Waals surface area contributed by atoms with E-state index in [1.165, 1.54) is 0 Å². The maximum atomic E-state index is 9.06. The van der Waals surface area contributed by atoms with E-state index in [-0.39, 0.29) is 12.6 Å². The van der Waals surface area contributed by atoms with Crippen LogP contribution in [0.15, 0.2) is 30.5 Å². The topological polar surface area (TPSA) is 87.7 Å². The molecule has 1 saturated heterocycles. The fourth-order valence-corrected chi connectivity index (χ4v) is 2.79. The van der Waals surface area contributed by atoms with Crippen molar-refractivity contribution in [1.82, 2.24) is 14.9 Å². The summed E-state index contributed by atoms with van der Waals surface area (Å²) in [7, 11) is 0. The van der Waals surface area contributed by atoms with Crippen molar-refractivity contribution < 1.29 is 9.84 Å². The number of aromatic nitrogens is 2. The molecule has 0 amide bonds. The number of ether oxygens (including phenoxy) is 1. The summed E-state index contributed by atoms with van der Waals surface area (Å²) in [5.74, 6) is 2.34. The molecule has 0 spiro atoms. The van der Waals surface area contributed by atoms with E-state index in [9.17, 15) is 0 Å². The number of nitrogen functional groups attached to an aromatic ring is 1.